The molecule has 2 aromatic rings. The lowest BCUT2D eigenvalue weighted by molar-refractivity contribution is 0.0607. The number of benzene rings is 1. The van der Waals surface area contributed by atoms with Gasteiger partial charge >= 0.3 is 5.97 Å². The summed E-state index contributed by atoms with van der Waals surface area (Å²) in [5, 5.41) is 1.60. The fraction of sp³-hybridized carbons (Fsp3) is 0.0833. The summed E-state index contributed by atoms with van der Waals surface area (Å²) >= 11 is 1.10. The van der Waals surface area contributed by atoms with E-state index >= 15 is 0 Å². The molecule has 0 unspecified atom stereocenters. The number of hydrogen-bond acceptors (Lipinski definition) is 6. The predicted molar refractivity (Wildman–Crippen MR) is 77.3 cm³/mol. The Morgan fingerprint density at radius 3 is 2.75 bits per heavy atom. The van der Waals surface area contributed by atoms with Gasteiger partial charge in [0.1, 0.15) is 4.88 Å². The fourth-order valence-electron chi connectivity index (χ4n) is 1.53. The zero-order chi connectivity index (χ0) is 14.8. The van der Waals surface area contributed by atoms with E-state index in [0.29, 0.717) is 5.69 Å². The first-order valence-electron chi connectivity index (χ1n) is 5.48. The van der Waals surface area contributed by atoms with Gasteiger partial charge in [0, 0.05) is 5.69 Å². The second-order valence-electron chi connectivity index (χ2n) is 3.83. The number of rotatable bonds is 4. The molecule has 1 heterocycles. The van der Waals surface area contributed by atoms with Crippen molar-refractivity contribution in [2.45, 2.75) is 4.90 Å². The van der Waals surface area contributed by atoms with Gasteiger partial charge in [0.05, 0.1) is 17.7 Å². The molecular weight excluding hydrogens is 300 g/mol. The molecule has 0 aliphatic rings. The summed E-state index contributed by atoms with van der Waals surface area (Å²) in [6, 6.07) is 7.39. The van der Waals surface area contributed by atoms with Crippen LogP contribution in [0.15, 0.2) is 40.6 Å². The molecule has 3 N–H and O–H groups in total. The van der Waals surface area contributed by atoms with E-state index in [4.69, 9.17) is 5.73 Å². The van der Waals surface area contributed by atoms with Gasteiger partial charge in [0.2, 0.25) is 0 Å². The molecule has 6 nitrogen and oxygen atoms in total. The number of thiophene rings is 1. The molecule has 0 spiro atoms. The van der Waals surface area contributed by atoms with Gasteiger partial charge in [-0.2, -0.15) is 0 Å². The molecule has 1 aromatic heterocycles. The summed E-state index contributed by atoms with van der Waals surface area (Å²) in [6.07, 6.45) is 0. The molecule has 0 bridgehead atoms. The Labute approximate surface area is 120 Å². The van der Waals surface area contributed by atoms with Crippen molar-refractivity contribution in [1.82, 2.24) is 0 Å². The van der Waals surface area contributed by atoms with Gasteiger partial charge in [0.25, 0.3) is 10.0 Å². The van der Waals surface area contributed by atoms with Crippen LogP contribution < -0.4 is 10.5 Å². The van der Waals surface area contributed by atoms with E-state index < -0.39 is 16.0 Å². The summed E-state index contributed by atoms with van der Waals surface area (Å²) in [5.74, 6) is -0.592. The molecule has 1 aromatic carbocycles. The van der Waals surface area contributed by atoms with Crippen molar-refractivity contribution in [3.8, 4) is 0 Å². The number of esters is 1. The molecule has 0 aliphatic carbocycles. The smallest absolute Gasteiger partial charge is 0.350 e. The van der Waals surface area contributed by atoms with Crippen LogP contribution in [-0.4, -0.2) is 21.5 Å². The van der Waals surface area contributed by atoms with E-state index in [1.807, 2.05) is 0 Å². The van der Waals surface area contributed by atoms with E-state index in [9.17, 15) is 13.2 Å². The summed E-state index contributed by atoms with van der Waals surface area (Å²) < 4.78 is 31.3. The maximum absolute atomic E-state index is 12.2. The largest absolute Gasteiger partial charge is 0.465 e. The number of nitrogens with one attached hydrogen (secondary N) is 1. The average Bonchev–Trinajstić information content (AvgIpc) is 2.85. The Morgan fingerprint density at radius 1 is 1.35 bits per heavy atom. The normalized spacial score (nSPS) is 11.1. The van der Waals surface area contributed by atoms with E-state index in [2.05, 4.69) is 9.46 Å². The fourth-order valence-corrected chi connectivity index (χ4v) is 3.48. The number of anilines is 2. The van der Waals surface area contributed by atoms with Crippen LogP contribution in [0.1, 0.15) is 9.67 Å². The first kappa shape index (κ1) is 14.4. The third-order valence-electron chi connectivity index (χ3n) is 2.45. The number of carbonyl (C=O) groups is 1. The minimum absolute atomic E-state index is 0.0273. The van der Waals surface area contributed by atoms with Crippen molar-refractivity contribution in [2.24, 2.45) is 0 Å². The molecule has 0 saturated heterocycles. The maximum Gasteiger partial charge on any atom is 0.350 e. The van der Waals surface area contributed by atoms with Gasteiger partial charge in [-0.25, -0.2) is 13.2 Å². The Morgan fingerprint density at radius 2 is 2.10 bits per heavy atom. The van der Waals surface area contributed by atoms with Crippen molar-refractivity contribution in [3.63, 3.8) is 0 Å². The molecule has 0 amide bonds. The Hall–Kier alpha value is -2.06. The second-order valence-corrected chi connectivity index (χ2v) is 6.43. The van der Waals surface area contributed by atoms with Crippen LogP contribution in [0.3, 0.4) is 0 Å². The highest BCUT2D eigenvalue weighted by Gasteiger charge is 2.20. The third kappa shape index (κ3) is 2.91. The average molecular weight is 312 g/mol. The number of ether oxygens (including phenoxy) is 1. The first-order valence-corrected chi connectivity index (χ1v) is 7.84. The highest BCUT2D eigenvalue weighted by atomic mass is 32.2. The van der Waals surface area contributed by atoms with Gasteiger partial charge in [-0.3, -0.25) is 4.72 Å². The van der Waals surface area contributed by atoms with Crippen molar-refractivity contribution >= 4 is 38.7 Å². The van der Waals surface area contributed by atoms with Gasteiger partial charge < -0.3 is 10.5 Å². The summed E-state index contributed by atoms with van der Waals surface area (Å²) in [6.45, 7) is 0. The van der Waals surface area contributed by atoms with Crippen LogP contribution in [0.2, 0.25) is 0 Å². The van der Waals surface area contributed by atoms with Crippen LogP contribution in [-0.2, 0) is 14.8 Å². The van der Waals surface area contributed by atoms with Crippen molar-refractivity contribution in [1.29, 1.82) is 0 Å². The van der Waals surface area contributed by atoms with E-state index in [0.717, 1.165) is 11.3 Å². The molecule has 20 heavy (non-hydrogen) atoms. The lowest BCUT2D eigenvalue weighted by atomic mass is 10.3. The van der Waals surface area contributed by atoms with Gasteiger partial charge in [-0.05, 0) is 29.6 Å². The number of hydrogen-bond donors (Lipinski definition) is 2. The Kier molecular flexibility index (Phi) is 3.96. The minimum atomic E-state index is -3.80. The van der Waals surface area contributed by atoms with Crippen molar-refractivity contribution < 1.29 is 17.9 Å². The van der Waals surface area contributed by atoms with Crippen LogP contribution in [0, 0.1) is 0 Å². The first-order chi connectivity index (χ1) is 9.44. The lowest BCUT2D eigenvalue weighted by Gasteiger charge is -2.08. The highest BCUT2D eigenvalue weighted by Crippen LogP contribution is 2.26. The standard InChI is InChI=1S/C12H12N2O4S2/c1-18-12(15)11-10(5-6-19-11)14-20(16,17)9-4-2-3-8(13)7-9/h2-7,14H,13H2,1H3. The zero-order valence-electron chi connectivity index (χ0n) is 10.5. The number of methoxy groups -OCH3 is 1. The second kappa shape index (κ2) is 5.51. The van der Waals surface area contributed by atoms with E-state index in [1.54, 1.807) is 17.5 Å². The van der Waals surface area contributed by atoms with Gasteiger partial charge in [-0.15, -0.1) is 11.3 Å². The Bertz CT molecular complexity index is 737. The maximum atomic E-state index is 12.2. The molecule has 106 valence electrons. The van der Waals surface area contributed by atoms with Crippen LogP contribution in [0.4, 0.5) is 11.4 Å². The number of nitrogens with two attached hydrogens (primary N) is 1. The monoisotopic (exact) mass is 312 g/mol. The summed E-state index contributed by atoms with van der Waals surface area (Å²) in [7, 11) is -2.57. The highest BCUT2D eigenvalue weighted by molar-refractivity contribution is 7.92. The molecule has 0 aliphatic heterocycles. The third-order valence-corrected chi connectivity index (χ3v) is 4.71. The molecule has 0 atom stereocenters. The van der Waals surface area contributed by atoms with Crippen LogP contribution in [0.5, 0.6) is 0 Å². The number of nitrogen functional groups attached to an aromatic ring is 1. The molecule has 0 saturated carbocycles. The zero-order valence-corrected chi connectivity index (χ0v) is 12.1. The van der Waals surface area contributed by atoms with Crippen molar-refractivity contribution in [2.75, 3.05) is 17.6 Å². The molecule has 8 heteroatoms. The molecule has 0 radical (unpaired) electrons. The summed E-state index contributed by atoms with van der Waals surface area (Å²) in [4.78, 5) is 11.7. The minimum Gasteiger partial charge on any atom is -0.465 e. The van der Waals surface area contributed by atoms with Crippen molar-refractivity contribution in [3.05, 3.63) is 40.6 Å². The number of sulfonamides is 1. The quantitative estimate of drug-likeness (QED) is 0.664. The van der Waals surface area contributed by atoms with E-state index in [-0.39, 0.29) is 15.5 Å². The summed E-state index contributed by atoms with van der Waals surface area (Å²) in [5.41, 5.74) is 6.09. The van der Waals surface area contributed by atoms with Crippen LogP contribution in [0.25, 0.3) is 0 Å². The predicted octanol–water partition coefficient (Wildman–Crippen LogP) is 1.92. The molecule has 0 fully saturated rings. The topological polar surface area (TPSA) is 98.5 Å². The molecular formula is C12H12N2O4S2. The molecule has 2 rings (SSSR count). The van der Waals surface area contributed by atoms with Gasteiger partial charge in [0.15, 0.2) is 0 Å². The van der Waals surface area contributed by atoms with Gasteiger partial charge in [-0.1, -0.05) is 6.07 Å². The Balaban J connectivity index is 2.34. The number of carbonyl (C=O) groups excluding carboxylic acids is 1. The SMILES string of the molecule is COC(=O)c1sccc1NS(=O)(=O)c1cccc(N)c1. The lowest BCUT2D eigenvalue weighted by Crippen LogP contribution is -2.15. The van der Waals surface area contributed by atoms with Crippen LogP contribution >= 0.6 is 11.3 Å². The van der Waals surface area contributed by atoms with E-state index in [1.165, 1.54) is 25.3 Å².